The van der Waals surface area contributed by atoms with Gasteiger partial charge in [0.2, 0.25) is 5.88 Å². The van der Waals surface area contributed by atoms with Gasteiger partial charge in [0, 0.05) is 23.3 Å². The van der Waals surface area contributed by atoms with Crippen LogP contribution in [0.15, 0.2) is 12.4 Å². The molecule has 0 aliphatic heterocycles. The lowest BCUT2D eigenvalue weighted by Crippen LogP contribution is -2.38. The molecule has 0 radical (unpaired) electrons. The van der Waals surface area contributed by atoms with Crippen molar-refractivity contribution in [3.63, 3.8) is 0 Å². The molecule has 102 valence electrons. The predicted octanol–water partition coefficient (Wildman–Crippen LogP) is 2.54. The number of rotatable bonds is 5. The van der Waals surface area contributed by atoms with E-state index in [2.05, 4.69) is 49.9 Å². The van der Waals surface area contributed by atoms with Crippen LogP contribution in [0.1, 0.15) is 46.7 Å². The zero-order valence-corrected chi connectivity index (χ0v) is 12.4. The Balaban J connectivity index is 2.73. The molecule has 4 nitrogen and oxygen atoms in total. The average molecular weight is 251 g/mol. The molecule has 0 aliphatic rings. The van der Waals surface area contributed by atoms with Gasteiger partial charge in [0.05, 0.1) is 7.11 Å². The van der Waals surface area contributed by atoms with Gasteiger partial charge in [-0.2, -0.15) is 0 Å². The van der Waals surface area contributed by atoms with E-state index in [9.17, 15) is 0 Å². The van der Waals surface area contributed by atoms with Crippen molar-refractivity contribution in [1.29, 1.82) is 0 Å². The fourth-order valence-corrected chi connectivity index (χ4v) is 1.81. The monoisotopic (exact) mass is 251 g/mol. The normalized spacial score (nSPS) is 12.6. The first-order valence-corrected chi connectivity index (χ1v) is 6.37. The maximum atomic E-state index is 5.28. The molecule has 0 saturated carbocycles. The molecule has 0 fully saturated rings. The summed E-state index contributed by atoms with van der Waals surface area (Å²) in [5.41, 5.74) is 1.00. The average Bonchev–Trinajstić information content (AvgIpc) is 2.27. The van der Waals surface area contributed by atoms with E-state index in [1.807, 2.05) is 0 Å². The Bertz CT molecular complexity index is 383. The summed E-state index contributed by atoms with van der Waals surface area (Å²) in [6.07, 6.45) is 4.36. The topological polar surface area (TPSA) is 47.0 Å². The van der Waals surface area contributed by atoms with Crippen LogP contribution >= 0.6 is 0 Å². The largest absolute Gasteiger partial charge is 0.480 e. The molecular formula is C14H25N3O. The van der Waals surface area contributed by atoms with E-state index in [0.717, 1.165) is 18.7 Å². The third-order valence-electron chi connectivity index (χ3n) is 2.90. The molecule has 0 bridgehead atoms. The summed E-state index contributed by atoms with van der Waals surface area (Å²) in [5, 5.41) is 3.50. The Morgan fingerprint density at radius 1 is 1.11 bits per heavy atom. The maximum Gasteiger partial charge on any atom is 0.235 e. The molecule has 0 aromatic carbocycles. The molecule has 4 heteroatoms. The Hall–Kier alpha value is -1.16. The summed E-state index contributed by atoms with van der Waals surface area (Å²) < 4.78 is 5.28. The molecule has 1 N–H and O–H groups in total. The first-order valence-electron chi connectivity index (χ1n) is 6.37. The van der Waals surface area contributed by atoms with Crippen molar-refractivity contribution in [3.05, 3.63) is 18.1 Å². The van der Waals surface area contributed by atoms with Crippen molar-refractivity contribution >= 4 is 0 Å². The van der Waals surface area contributed by atoms with E-state index in [1.165, 1.54) is 0 Å². The van der Waals surface area contributed by atoms with E-state index < -0.39 is 0 Å². The minimum Gasteiger partial charge on any atom is -0.480 e. The second-order valence-electron chi connectivity index (χ2n) is 6.22. The Morgan fingerprint density at radius 2 is 1.72 bits per heavy atom. The first-order chi connectivity index (χ1) is 8.26. The van der Waals surface area contributed by atoms with Gasteiger partial charge in [-0.15, -0.1) is 0 Å². The van der Waals surface area contributed by atoms with Gasteiger partial charge >= 0.3 is 0 Å². The zero-order chi connectivity index (χ0) is 13.8. The maximum absolute atomic E-state index is 5.28. The highest BCUT2D eigenvalue weighted by molar-refractivity contribution is 5.25. The fraction of sp³-hybridized carbons (Fsp3) is 0.714. The highest BCUT2D eigenvalue weighted by Crippen LogP contribution is 2.30. The number of hydrogen-bond acceptors (Lipinski definition) is 4. The number of hydrogen-bond donors (Lipinski definition) is 1. The van der Waals surface area contributed by atoms with Gasteiger partial charge in [-0.1, -0.05) is 13.8 Å². The van der Waals surface area contributed by atoms with Gasteiger partial charge in [-0.25, -0.2) is 4.98 Å². The lowest BCUT2D eigenvalue weighted by Gasteiger charge is -2.28. The van der Waals surface area contributed by atoms with Crippen LogP contribution in [0.3, 0.4) is 0 Å². The molecule has 1 heterocycles. The minimum absolute atomic E-state index is 0.0577. The van der Waals surface area contributed by atoms with Crippen molar-refractivity contribution in [2.24, 2.45) is 0 Å². The lowest BCUT2D eigenvalue weighted by atomic mass is 9.85. The number of ether oxygens (including phenoxy) is 1. The van der Waals surface area contributed by atoms with Gasteiger partial charge < -0.3 is 10.1 Å². The van der Waals surface area contributed by atoms with E-state index >= 15 is 0 Å². The molecule has 0 saturated heterocycles. The van der Waals surface area contributed by atoms with Crippen LogP contribution in [-0.4, -0.2) is 29.2 Å². The molecule has 0 amide bonds. The summed E-state index contributed by atoms with van der Waals surface area (Å²) in [6.45, 7) is 11.8. The van der Waals surface area contributed by atoms with Crippen LogP contribution < -0.4 is 10.1 Å². The first kappa shape index (κ1) is 14.9. The predicted molar refractivity (Wildman–Crippen MR) is 74.0 cm³/mol. The SMILES string of the molecule is COc1nccnc1C(C)(C)CCNC(C)(C)C. The van der Waals surface area contributed by atoms with Crippen LogP contribution in [0.4, 0.5) is 0 Å². The molecule has 1 rings (SSSR count). The van der Waals surface area contributed by atoms with Crippen molar-refractivity contribution in [2.45, 2.75) is 52.0 Å². The van der Waals surface area contributed by atoms with Crippen LogP contribution in [0, 0.1) is 0 Å². The summed E-state index contributed by atoms with van der Waals surface area (Å²) >= 11 is 0. The smallest absolute Gasteiger partial charge is 0.235 e. The van der Waals surface area contributed by atoms with E-state index in [1.54, 1.807) is 19.5 Å². The van der Waals surface area contributed by atoms with Gasteiger partial charge in [0.25, 0.3) is 0 Å². The van der Waals surface area contributed by atoms with E-state index in [-0.39, 0.29) is 11.0 Å². The molecular weight excluding hydrogens is 226 g/mol. The summed E-state index contributed by atoms with van der Waals surface area (Å²) in [7, 11) is 1.64. The Morgan fingerprint density at radius 3 is 2.28 bits per heavy atom. The van der Waals surface area contributed by atoms with Crippen LogP contribution in [0.2, 0.25) is 0 Å². The lowest BCUT2D eigenvalue weighted by molar-refractivity contribution is 0.345. The van der Waals surface area contributed by atoms with Crippen LogP contribution in [-0.2, 0) is 5.41 Å². The van der Waals surface area contributed by atoms with Gasteiger partial charge in [0.1, 0.15) is 5.69 Å². The van der Waals surface area contributed by atoms with Crippen molar-refractivity contribution < 1.29 is 4.74 Å². The highest BCUT2D eigenvalue weighted by Gasteiger charge is 2.27. The molecule has 18 heavy (non-hydrogen) atoms. The second-order valence-corrected chi connectivity index (χ2v) is 6.22. The molecule has 0 aliphatic carbocycles. The molecule has 1 aromatic heterocycles. The van der Waals surface area contributed by atoms with Crippen molar-refractivity contribution in [1.82, 2.24) is 15.3 Å². The van der Waals surface area contributed by atoms with Crippen molar-refractivity contribution in [3.8, 4) is 5.88 Å². The number of aromatic nitrogens is 2. The Kier molecular flexibility index (Phi) is 4.68. The Labute approximate surface area is 110 Å². The van der Waals surface area contributed by atoms with Crippen molar-refractivity contribution in [2.75, 3.05) is 13.7 Å². The summed E-state index contributed by atoms with van der Waals surface area (Å²) in [5.74, 6) is 0.623. The third kappa shape index (κ3) is 4.26. The molecule has 0 unspecified atom stereocenters. The quantitative estimate of drug-likeness (QED) is 0.873. The van der Waals surface area contributed by atoms with Gasteiger partial charge in [0.15, 0.2) is 0 Å². The fourth-order valence-electron chi connectivity index (χ4n) is 1.81. The third-order valence-corrected chi connectivity index (χ3v) is 2.90. The molecule has 0 atom stereocenters. The van der Waals surface area contributed by atoms with E-state index in [4.69, 9.17) is 4.74 Å². The minimum atomic E-state index is -0.0577. The highest BCUT2D eigenvalue weighted by atomic mass is 16.5. The number of nitrogens with one attached hydrogen (secondary N) is 1. The standard InChI is InChI=1S/C14H25N3O/c1-13(2,3)17-8-7-14(4,5)11-12(18-6)16-10-9-15-11/h9-10,17H,7-8H2,1-6H3. The molecule has 1 aromatic rings. The summed E-state index contributed by atoms with van der Waals surface area (Å²) in [6, 6.07) is 0. The van der Waals surface area contributed by atoms with Gasteiger partial charge in [-0.05, 0) is 33.7 Å². The zero-order valence-electron chi connectivity index (χ0n) is 12.4. The number of nitrogens with zero attached hydrogens (tertiary/aromatic N) is 2. The van der Waals surface area contributed by atoms with Crippen LogP contribution in [0.5, 0.6) is 5.88 Å². The van der Waals surface area contributed by atoms with Crippen LogP contribution in [0.25, 0.3) is 0 Å². The van der Waals surface area contributed by atoms with E-state index in [0.29, 0.717) is 5.88 Å². The molecule has 0 spiro atoms. The summed E-state index contributed by atoms with van der Waals surface area (Å²) in [4.78, 5) is 8.64. The number of methoxy groups -OCH3 is 1. The second kappa shape index (κ2) is 5.65. The van der Waals surface area contributed by atoms with Gasteiger partial charge in [-0.3, -0.25) is 4.98 Å².